The summed E-state index contributed by atoms with van der Waals surface area (Å²) in [7, 11) is 1.23. The smallest absolute Gasteiger partial charge is 0.375 e. The van der Waals surface area contributed by atoms with Gasteiger partial charge in [-0.05, 0) is 48.4 Å². The van der Waals surface area contributed by atoms with Gasteiger partial charge in [-0.2, -0.15) is 18.3 Å². The van der Waals surface area contributed by atoms with E-state index in [0.29, 0.717) is 17.0 Å². The zero-order valence-electron chi connectivity index (χ0n) is 24.6. The van der Waals surface area contributed by atoms with Crippen LogP contribution in [0.25, 0.3) is 5.65 Å². The largest absolute Gasteiger partial charge is 0.408 e. The number of hydrogen-bond donors (Lipinski definition) is 3. The lowest BCUT2D eigenvalue weighted by Gasteiger charge is -2.33. The molecule has 3 aromatic rings. The number of ether oxygens (including phenoxy) is 1. The second-order valence-corrected chi connectivity index (χ2v) is 12.3. The minimum atomic E-state index is -4.74. The Morgan fingerprint density at radius 1 is 1.20 bits per heavy atom. The van der Waals surface area contributed by atoms with Crippen LogP contribution in [0.2, 0.25) is 0 Å². The Morgan fingerprint density at radius 3 is 2.59 bits per heavy atom. The lowest BCUT2D eigenvalue weighted by atomic mass is 9.81. The first-order valence-corrected chi connectivity index (χ1v) is 14.8. The highest BCUT2D eigenvalue weighted by molar-refractivity contribution is 5.94. The highest BCUT2D eigenvalue weighted by Gasteiger charge is 2.56. The van der Waals surface area contributed by atoms with E-state index in [-0.39, 0.29) is 49.4 Å². The fraction of sp³-hybridized carbons (Fsp3) is 0.607. The molecule has 2 saturated carbocycles. The lowest BCUT2D eigenvalue weighted by Crippen LogP contribution is -2.56. The monoisotopic (exact) mass is 654 g/mol. The van der Waals surface area contributed by atoms with Crippen molar-refractivity contribution in [3.63, 3.8) is 0 Å². The van der Waals surface area contributed by atoms with Crippen molar-refractivity contribution >= 4 is 23.4 Å². The topological polar surface area (TPSA) is 166 Å². The predicted molar refractivity (Wildman–Crippen MR) is 145 cm³/mol. The third-order valence-electron chi connectivity index (χ3n) is 8.77. The summed E-state index contributed by atoms with van der Waals surface area (Å²) in [5.41, 5.74) is -0.662. The van der Waals surface area contributed by atoms with Crippen LogP contribution in [0.4, 0.5) is 22.0 Å². The number of fused-ring (bicyclic) bond motifs is 1. The van der Waals surface area contributed by atoms with E-state index >= 15 is 0 Å². The third-order valence-corrected chi connectivity index (χ3v) is 8.77. The van der Waals surface area contributed by atoms with Gasteiger partial charge in [-0.3, -0.25) is 14.4 Å². The number of rotatable bonds is 10. The van der Waals surface area contributed by atoms with Crippen LogP contribution in [-0.2, 0) is 20.7 Å². The van der Waals surface area contributed by atoms with E-state index in [9.17, 15) is 36.3 Å². The number of amides is 3. The van der Waals surface area contributed by atoms with Gasteiger partial charge in [-0.1, -0.05) is 5.16 Å². The maximum Gasteiger partial charge on any atom is 0.408 e. The second kappa shape index (κ2) is 11.9. The summed E-state index contributed by atoms with van der Waals surface area (Å²) in [6.45, 7) is -0.473. The van der Waals surface area contributed by atoms with Crippen LogP contribution in [0.15, 0.2) is 23.1 Å². The quantitative estimate of drug-likeness (QED) is 0.279. The van der Waals surface area contributed by atoms with Crippen molar-refractivity contribution in [2.75, 3.05) is 13.7 Å². The molecule has 0 unspecified atom stereocenters. The molecular formula is C28H31F5N8O5. The number of methoxy groups -OCH3 is 1. The molecule has 13 nitrogen and oxygen atoms in total. The average Bonchev–Trinajstić information content (AvgIpc) is 3.39. The Kier molecular flexibility index (Phi) is 8.18. The van der Waals surface area contributed by atoms with Gasteiger partial charge in [-0.25, -0.2) is 22.9 Å². The van der Waals surface area contributed by atoms with Crippen molar-refractivity contribution in [3.8, 4) is 0 Å². The molecule has 0 bridgehead atoms. The molecule has 4 heterocycles. The number of imidazole rings is 1. The molecule has 3 fully saturated rings. The number of alkyl halides is 5. The molecule has 46 heavy (non-hydrogen) atoms. The fourth-order valence-electron chi connectivity index (χ4n) is 6.27. The summed E-state index contributed by atoms with van der Waals surface area (Å²) in [6, 6.07) is -1.49. The van der Waals surface area contributed by atoms with Gasteiger partial charge in [-0.15, -0.1) is 0 Å². The lowest BCUT2D eigenvalue weighted by molar-refractivity contribution is -0.155. The Bertz CT molecular complexity index is 1630. The molecule has 6 rings (SSSR count). The van der Waals surface area contributed by atoms with Gasteiger partial charge in [0.05, 0.1) is 24.1 Å². The van der Waals surface area contributed by atoms with E-state index in [1.165, 1.54) is 30.1 Å². The van der Waals surface area contributed by atoms with Crippen LogP contribution in [0, 0.1) is 5.92 Å². The van der Waals surface area contributed by atoms with E-state index in [1.54, 1.807) is 0 Å². The molecule has 2 aliphatic carbocycles. The van der Waals surface area contributed by atoms with Gasteiger partial charge < -0.3 is 20.7 Å². The predicted octanol–water partition coefficient (Wildman–Crippen LogP) is 2.78. The molecule has 1 aliphatic heterocycles. The SMILES string of the molecule is COCC(=O)N[C@]1(Cc2cnn3cc([C@@H](NC(=O)c4nonc4C4CC4)C4CCC(F)(F)CC4)nc3c2)C[C@@H](C(F)(F)F)NC1=O. The Balaban J connectivity index is 1.29. The van der Waals surface area contributed by atoms with Crippen molar-refractivity contribution in [1.29, 1.82) is 0 Å². The first-order valence-electron chi connectivity index (χ1n) is 14.8. The molecule has 0 spiro atoms. The maximum absolute atomic E-state index is 14.1. The van der Waals surface area contributed by atoms with E-state index in [1.807, 2.05) is 5.32 Å². The van der Waals surface area contributed by atoms with Crippen LogP contribution in [0.3, 0.4) is 0 Å². The molecule has 3 amide bonds. The number of aromatic nitrogens is 5. The molecular weight excluding hydrogens is 623 g/mol. The minimum Gasteiger partial charge on any atom is -0.375 e. The zero-order chi connectivity index (χ0) is 32.9. The van der Waals surface area contributed by atoms with Gasteiger partial charge >= 0.3 is 6.18 Å². The van der Waals surface area contributed by atoms with Gasteiger partial charge in [0.2, 0.25) is 17.7 Å². The van der Waals surface area contributed by atoms with Crippen LogP contribution in [0.5, 0.6) is 0 Å². The molecule has 18 heteroatoms. The first kappa shape index (κ1) is 31.7. The fourth-order valence-corrected chi connectivity index (χ4v) is 6.27. The zero-order valence-corrected chi connectivity index (χ0v) is 24.6. The van der Waals surface area contributed by atoms with E-state index < -0.39 is 66.4 Å². The van der Waals surface area contributed by atoms with Crippen LogP contribution >= 0.6 is 0 Å². The van der Waals surface area contributed by atoms with Crippen molar-refractivity contribution < 1.29 is 45.7 Å². The number of nitrogens with one attached hydrogen (secondary N) is 3. The number of halogens is 5. The highest BCUT2D eigenvalue weighted by atomic mass is 19.4. The van der Waals surface area contributed by atoms with Crippen molar-refractivity contribution in [2.45, 2.75) is 87.0 Å². The average molecular weight is 655 g/mol. The summed E-state index contributed by atoms with van der Waals surface area (Å²) in [5.74, 6) is -5.53. The number of carbonyl (C=O) groups is 3. The number of nitrogens with zero attached hydrogens (tertiary/aromatic N) is 5. The molecule has 3 atom stereocenters. The summed E-state index contributed by atoms with van der Waals surface area (Å²) in [5, 5.41) is 19.1. The summed E-state index contributed by atoms with van der Waals surface area (Å²) in [6.07, 6.45) is -1.82. The molecule has 3 aliphatic rings. The molecule has 0 aromatic carbocycles. The minimum absolute atomic E-state index is 0.0191. The Hall–Kier alpha value is -4.22. The van der Waals surface area contributed by atoms with E-state index in [4.69, 9.17) is 9.37 Å². The molecule has 3 aromatic heterocycles. The van der Waals surface area contributed by atoms with E-state index in [0.717, 1.165) is 12.8 Å². The standard InChI is InChI=1S/C28H31F5N8O5/c1-45-13-20(42)38-26(10-18(28(31,32)33)36-25(26)44)9-14-8-19-35-17(12-41(19)34-11-14)21(16-4-6-27(29,30)7-5-16)37-24(43)23-22(15-2-3-15)39-46-40-23/h8,11-12,15-16,18,21H,2-7,9-10,13H2,1H3,(H,36,44)(H,37,43)(H,38,42)/t18-,21-,26+/m0/s1. The van der Waals surface area contributed by atoms with E-state index in [2.05, 4.69) is 31.0 Å². The first-order chi connectivity index (χ1) is 21.8. The Labute approximate surface area is 258 Å². The molecule has 0 radical (unpaired) electrons. The van der Waals surface area contributed by atoms with Gasteiger partial charge in [0.1, 0.15) is 23.9 Å². The van der Waals surface area contributed by atoms with Gasteiger partial charge in [0.15, 0.2) is 11.3 Å². The van der Waals surface area contributed by atoms with Gasteiger partial charge in [0.25, 0.3) is 5.91 Å². The normalized spacial score (nSPS) is 24.1. The second-order valence-electron chi connectivity index (χ2n) is 12.3. The Morgan fingerprint density at radius 2 is 1.93 bits per heavy atom. The molecule has 3 N–H and O–H groups in total. The van der Waals surface area contributed by atoms with Crippen molar-refractivity contribution in [3.05, 3.63) is 41.1 Å². The van der Waals surface area contributed by atoms with Crippen LogP contribution in [-0.4, -0.2) is 80.0 Å². The maximum atomic E-state index is 14.1. The highest BCUT2D eigenvalue weighted by Crippen LogP contribution is 2.43. The molecule has 248 valence electrons. The van der Waals surface area contributed by atoms with Crippen molar-refractivity contribution in [2.24, 2.45) is 5.92 Å². The summed E-state index contributed by atoms with van der Waals surface area (Å²) < 4.78 is 79.8. The summed E-state index contributed by atoms with van der Waals surface area (Å²) in [4.78, 5) is 43.3. The summed E-state index contributed by atoms with van der Waals surface area (Å²) >= 11 is 0. The number of hydrogen-bond acceptors (Lipinski definition) is 9. The van der Waals surface area contributed by atoms with Crippen LogP contribution in [0.1, 0.15) is 84.3 Å². The van der Waals surface area contributed by atoms with Crippen LogP contribution < -0.4 is 16.0 Å². The van der Waals surface area contributed by atoms with Gasteiger partial charge in [0, 0.05) is 38.7 Å². The third kappa shape index (κ3) is 6.52. The van der Waals surface area contributed by atoms with Crippen molar-refractivity contribution in [1.82, 2.24) is 40.9 Å². The molecule has 1 saturated heterocycles. The number of carbonyl (C=O) groups excluding carboxylic acids is 3.